The lowest BCUT2D eigenvalue weighted by molar-refractivity contribution is 0.556. The maximum Gasteiger partial charge on any atom is 0.183 e. The van der Waals surface area contributed by atoms with E-state index in [1.807, 2.05) is 6.07 Å². The largest absolute Gasteiger partial charge is 0.460 e. The van der Waals surface area contributed by atoms with Gasteiger partial charge in [0.25, 0.3) is 0 Å². The van der Waals surface area contributed by atoms with Gasteiger partial charge in [-0.05, 0) is 28.7 Å². The van der Waals surface area contributed by atoms with Crippen LogP contribution in [0.2, 0.25) is 0 Å². The van der Waals surface area contributed by atoms with Crippen LogP contribution in [-0.2, 0) is 0 Å². The van der Waals surface area contributed by atoms with Crippen molar-refractivity contribution >= 4 is 22.6 Å². The van der Waals surface area contributed by atoms with Crippen molar-refractivity contribution in [2.45, 2.75) is 0 Å². The number of rotatable bonds is 0. The minimum absolute atomic E-state index is 1.02. The van der Waals surface area contributed by atoms with Gasteiger partial charge in [-0.2, -0.15) is 0 Å². The monoisotopic (exact) mass is 193 g/mol. The summed E-state index contributed by atoms with van der Waals surface area (Å²) in [5, 5.41) is 0. The summed E-state index contributed by atoms with van der Waals surface area (Å²) < 4.78 is 5.60. The molecule has 1 radical (unpaired) electrons. The Hall–Kier alpha value is 0.01000. The van der Waals surface area contributed by atoms with Crippen molar-refractivity contribution < 1.29 is 4.42 Å². The van der Waals surface area contributed by atoms with Crippen molar-refractivity contribution in [1.82, 2.24) is 0 Å². The molecule has 2 heteroatoms. The number of halogens is 1. The molecule has 0 aromatic carbocycles. The van der Waals surface area contributed by atoms with Gasteiger partial charge >= 0.3 is 0 Å². The molecule has 1 nitrogen and oxygen atoms in total. The zero-order valence-electron chi connectivity index (χ0n) is 2.94. The molecule has 1 heterocycles. The van der Waals surface area contributed by atoms with E-state index in [2.05, 4.69) is 33.3 Å². The number of hydrogen-bond acceptors (Lipinski definition) is 1. The maximum atomic E-state index is 4.58. The first kappa shape index (κ1) is 4.18. The fourth-order valence-electron chi connectivity index (χ4n) is 0.218. The van der Waals surface area contributed by atoms with Gasteiger partial charge in [0, 0.05) is 0 Å². The van der Waals surface area contributed by atoms with E-state index in [4.69, 9.17) is 0 Å². The molecule has 1 aromatic rings. The Balaban J connectivity index is 3.05. The van der Waals surface area contributed by atoms with Crippen molar-refractivity contribution in [1.29, 1.82) is 0 Å². The second-order valence-electron chi connectivity index (χ2n) is 0.871. The molecule has 0 aliphatic rings. The van der Waals surface area contributed by atoms with Crippen molar-refractivity contribution in [3.63, 3.8) is 0 Å². The Bertz CT molecular complexity index is 111. The number of hydrogen-bond donors (Lipinski definition) is 0. The molecule has 0 amide bonds. The summed E-state index contributed by atoms with van der Waals surface area (Å²) in [5.41, 5.74) is 0. The van der Waals surface area contributed by atoms with Crippen LogP contribution in [0.25, 0.3) is 0 Å². The third-order valence-corrected chi connectivity index (χ3v) is 1.02. The van der Waals surface area contributed by atoms with Gasteiger partial charge in [-0.3, -0.25) is 0 Å². The average Bonchev–Trinajstić information content (AvgIpc) is 1.86. The molecule has 31 valence electrons. The van der Waals surface area contributed by atoms with E-state index in [0.29, 0.717) is 0 Å². The van der Waals surface area contributed by atoms with Crippen LogP contribution in [0.4, 0.5) is 0 Å². The predicted molar refractivity (Wildman–Crippen MR) is 30.3 cm³/mol. The highest BCUT2D eigenvalue weighted by Crippen LogP contribution is 2.00. The molecule has 0 spiro atoms. The van der Waals surface area contributed by atoms with Crippen LogP contribution in [0.1, 0.15) is 0 Å². The zero-order valence-corrected chi connectivity index (χ0v) is 5.10. The van der Waals surface area contributed by atoms with Gasteiger partial charge in [0.15, 0.2) is 6.26 Å². The first-order valence-electron chi connectivity index (χ1n) is 1.50. The predicted octanol–water partition coefficient (Wildman–Crippen LogP) is 1.68. The molecule has 0 aliphatic carbocycles. The SMILES string of the molecule is Ic1[c]occ1. The molecule has 6 heavy (non-hydrogen) atoms. The third-order valence-electron chi connectivity index (χ3n) is 0.439. The lowest BCUT2D eigenvalue weighted by Gasteiger charge is -1.58. The summed E-state index contributed by atoms with van der Waals surface area (Å²) >= 11 is 2.13. The molecule has 0 fully saturated rings. The van der Waals surface area contributed by atoms with Crippen molar-refractivity contribution in [2.75, 3.05) is 0 Å². The van der Waals surface area contributed by atoms with E-state index in [9.17, 15) is 0 Å². The summed E-state index contributed by atoms with van der Waals surface area (Å²) in [4.78, 5) is 0. The Morgan fingerprint density at radius 3 is 2.83 bits per heavy atom. The van der Waals surface area contributed by atoms with E-state index in [0.717, 1.165) is 3.57 Å². The fourth-order valence-corrected chi connectivity index (χ4v) is 0.492. The summed E-state index contributed by atoms with van der Waals surface area (Å²) in [5.74, 6) is 0. The minimum atomic E-state index is 1.02. The minimum Gasteiger partial charge on any atom is -0.460 e. The van der Waals surface area contributed by atoms with Gasteiger partial charge in [-0.15, -0.1) is 0 Å². The highest BCUT2D eigenvalue weighted by Gasteiger charge is 1.80. The lowest BCUT2D eigenvalue weighted by atomic mass is 10.7. The van der Waals surface area contributed by atoms with E-state index in [-0.39, 0.29) is 0 Å². The number of furan rings is 1. The molecular formula is C4H2IO. The Morgan fingerprint density at radius 2 is 2.67 bits per heavy atom. The second kappa shape index (κ2) is 1.64. The molecule has 0 N–H and O–H groups in total. The van der Waals surface area contributed by atoms with Gasteiger partial charge in [-0.1, -0.05) is 0 Å². The second-order valence-corrected chi connectivity index (χ2v) is 2.03. The van der Waals surface area contributed by atoms with Gasteiger partial charge in [0.1, 0.15) is 0 Å². The maximum absolute atomic E-state index is 4.58. The highest BCUT2D eigenvalue weighted by molar-refractivity contribution is 14.1. The van der Waals surface area contributed by atoms with Crippen LogP contribution < -0.4 is 0 Å². The smallest absolute Gasteiger partial charge is 0.183 e. The van der Waals surface area contributed by atoms with Crippen LogP contribution in [0.3, 0.4) is 0 Å². The Morgan fingerprint density at radius 1 is 1.83 bits per heavy atom. The average molecular weight is 193 g/mol. The van der Waals surface area contributed by atoms with Crippen molar-refractivity contribution in [3.8, 4) is 0 Å². The highest BCUT2D eigenvalue weighted by atomic mass is 127. The molecule has 1 rings (SSSR count). The third kappa shape index (κ3) is 0.739. The van der Waals surface area contributed by atoms with E-state index < -0.39 is 0 Å². The van der Waals surface area contributed by atoms with Gasteiger partial charge < -0.3 is 4.42 Å². The summed E-state index contributed by atoms with van der Waals surface area (Å²) in [6.45, 7) is 0. The Labute approximate surface area is 49.5 Å². The molecule has 0 saturated carbocycles. The van der Waals surface area contributed by atoms with Gasteiger partial charge in [-0.25, -0.2) is 0 Å². The first-order valence-corrected chi connectivity index (χ1v) is 2.58. The van der Waals surface area contributed by atoms with Crippen LogP contribution in [0.5, 0.6) is 0 Å². The quantitative estimate of drug-likeness (QED) is 0.571. The summed E-state index contributed by atoms with van der Waals surface area (Å²) in [6.07, 6.45) is 4.21. The van der Waals surface area contributed by atoms with E-state index in [1.54, 1.807) is 6.26 Å². The fraction of sp³-hybridized carbons (Fsp3) is 0. The summed E-state index contributed by atoms with van der Waals surface area (Å²) in [6, 6.07) is 1.85. The van der Waals surface area contributed by atoms with E-state index >= 15 is 0 Å². The molecular weight excluding hydrogens is 191 g/mol. The molecule has 0 saturated heterocycles. The lowest BCUT2D eigenvalue weighted by Crippen LogP contribution is -1.45. The molecule has 0 unspecified atom stereocenters. The first-order chi connectivity index (χ1) is 2.89. The normalized spacial score (nSPS) is 8.83. The van der Waals surface area contributed by atoms with Crippen molar-refractivity contribution in [3.05, 3.63) is 22.2 Å². The van der Waals surface area contributed by atoms with Gasteiger partial charge in [0.05, 0.1) is 9.83 Å². The van der Waals surface area contributed by atoms with Crippen LogP contribution in [0.15, 0.2) is 16.7 Å². The van der Waals surface area contributed by atoms with Crippen LogP contribution in [-0.4, -0.2) is 0 Å². The van der Waals surface area contributed by atoms with E-state index in [1.165, 1.54) is 0 Å². The molecule has 0 atom stereocenters. The van der Waals surface area contributed by atoms with Gasteiger partial charge in [0.2, 0.25) is 0 Å². The standard InChI is InChI=1S/C4H2IO/c5-4-1-2-6-3-4/h1-2H. The topological polar surface area (TPSA) is 13.1 Å². The molecule has 0 aliphatic heterocycles. The zero-order chi connectivity index (χ0) is 4.41. The Kier molecular flexibility index (Phi) is 1.14. The van der Waals surface area contributed by atoms with Crippen molar-refractivity contribution in [2.24, 2.45) is 0 Å². The molecule has 0 bridgehead atoms. The van der Waals surface area contributed by atoms with Crippen LogP contribution in [0, 0.1) is 9.83 Å². The summed E-state index contributed by atoms with van der Waals surface area (Å²) in [7, 11) is 0. The van der Waals surface area contributed by atoms with Crippen LogP contribution >= 0.6 is 22.6 Å². The molecule has 1 aromatic heterocycles.